The number of carbonyl (C=O) groups is 2. The third kappa shape index (κ3) is 6.94. The normalized spacial score (nSPS) is 18.1. The first kappa shape index (κ1) is 24.0. The molecule has 4 heteroatoms. The summed E-state index contributed by atoms with van der Waals surface area (Å²) < 4.78 is 0. The van der Waals surface area contributed by atoms with Gasteiger partial charge in [-0.15, -0.1) is 0 Å². The molecule has 32 heavy (non-hydrogen) atoms. The van der Waals surface area contributed by atoms with Gasteiger partial charge in [0.05, 0.1) is 0 Å². The van der Waals surface area contributed by atoms with E-state index in [1.165, 1.54) is 11.1 Å². The second-order valence-corrected chi connectivity index (χ2v) is 9.09. The van der Waals surface area contributed by atoms with Crippen molar-refractivity contribution in [2.45, 2.75) is 64.2 Å². The summed E-state index contributed by atoms with van der Waals surface area (Å²) in [6, 6.07) is 20.6. The average Bonchev–Trinajstić information content (AvgIpc) is 2.85. The summed E-state index contributed by atoms with van der Waals surface area (Å²) in [5.41, 5.74) is 2.47. The zero-order valence-corrected chi connectivity index (χ0v) is 19.6. The Labute approximate surface area is 193 Å². The number of carbonyl (C=O) groups excluding carboxylic acids is 2. The van der Waals surface area contributed by atoms with Crippen LogP contribution >= 0.6 is 0 Å². The number of nitrogens with zero attached hydrogens (tertiary/aromatic N) is 1. The van der Waals surface area contributed by atoms with Crippen LogP contribution in [0, 0.1) is 5.92 Å². The van der Waals surface area contributed by atoms with E-state index in [0.717, 1.165) is 38.8 Å². The van der Waals surface area contributed by atoms with Gasteiger partial charge in [0.1, 0.15) is 0 Å². The van der Waals surface area contributed by atoms with Crippen LogP contribution in [0.15, 0.2) is 60.7 Å². The van der Waals surface area contributed by atoms with Gasteiger partial charge in [0.2, 0.25) is 11.8 Å². The van der Waals surface area contributed by atoms with Crippen molar-refractivity contribution in [3.63, 3.8) is 0 Å². The fourth-order valence-electron chi connectivity index (χ4n) is 4.80. The standard InChI is InChI=1S/C28H38N2O2/c1-3-23(25-13-7-5-8-14-25)18-27(31)29-20-22-12-11-17-30(21-22)28(32)19-24(4-2)26-15-9-6-10-16-26/h5-10,13-16,22-24H,3-4,11-12,17-21H2,1-2H3,(H,29,31)/t22-,23-,24-/m0/s1. The Hall–Kier alpha value is -2.62. The first-order valence-electron chi connectivity index (χ1n) is 12.2. The third-order valence-electron chi connectivity index (χ3n) is 6.84. The highest BCUT2D eigenvalue weighted by Gasteiger charge is 2.26. The van der Waals surface area contributed by atoms with Crippen molar-refractivity contribution in [3.05, 3.63) is 71.8 Å². The van der Waals surface area contributed by atoms with E-state index in [1.807, 2.05) is 41.3 Å². The molecule has 2 aromatic carbocycles. The monoisotopic (exact) mass is 434 g/mol. The lowest BCUT2D eigenvalue weighted by molar-refractivity contribution is -0.133. The molecule has 1 heterocycles. The summed E-state index contributed by atoms with van der Waals surface area (Å²) in [7, 11) is 0. The summed E-state index contributed by atoms with van der Waals surface area (Å²) in [6.07, 6.45) is 5.07. The summed E-state index contributed by atoms with van der Waals surface area (Å²) in [6.45, 7) is 6.53. The Morgan fingerprint density at radius 3 is 2.03 bits per heavy atom. The molecular weight excluding hydrogens is 396 g/mol. The van der Waals surface area contributed by atoms with Gasteiger partial charge in [0.15, 0.2) is 0 Å². The van der Waals surface area contributed by atoms with Gasteiger partial charge in [-0.2, -0.15) is 0 Å². The van der Waals surface area contributed by atoms with Gasteiger partial charge in [-0.3, -0.25) is 9.59 Å². The summed E-state index contributed by atoms with van der Waals surface area (Å²) >= 11 is 0. The molecule has 0 aliphatic carbocycles. The number of piperidine rings is 1. The smallest absolute Gasteiger partial charge is 0.223 e. The predicted octanol–water partition coefficient (Wildman–Crippen LogP) is 5.51. The van der Waals surface area contributed by atoms with Gasteiger partial charge in [-0.25, -0.2) is 0 Å². The van der Waals surface area contributed by atoms with Crippen molar-refractivity contribution in [2.75, 3.05) is 19.6 Å². The summed E-state index contributed by atoms with van der Waals surface area (Å²) in [5, 5.41) is 3.15. The minimum atomic E-state index is 0.110. The van der Waals surface area contributed by atoms with Crippen LogP contribution < -0.4 is 5.32 Å². The molecule has 172 valence electrons. The molecule has 0 bridgehead atoms. The fourth-order valence-corrected chi connectivity index (χ4v) is 4.80. The van der Waals surface area contributed by atoms with Gasteiger partial charge in [-0.1, -0.05) is 74.5 Å². The van der Waals surface area contributed by atoms with Crippen LogP contribution in [0.2, 0.25) is 0 Å². The number of benzene rings is 2. The Balaban J connectivity index is 1.47. The van der Waals surface area contributed by atoms with E-state index in [2.05, 4.69) is 43.4 Å². The molecule has 2 aromatic rings. The molecule has 1 N–H and O–H groups in total. The average molecular weight is 435 g/mol. The topological polar surface area (TPSA) is 49.4 Å². The molecule has 3 rings (SSSR count). The third-order valence-corrected chi connectivity index (χ3v) is 6.84. The zero-order valence-electron chi connectivity index (χ0n) is 19.6. The number of nitrogens with one attached hydrogen (secondary N) is 1. The van der Waals surface area contributed by atoms with E-state index < -0.39 is 0 Å². The maximum absolute atomic E-state index is 13.0. The van der Waals surface area contributed by atoms with Crippen molar-refractivity contribution in [1.82, 2.24) is 10.2 Å². The van der Waals surface area contributed by atoms with E-state index in [4.69, 9.17) is 0 Å². The molecule has 4 nitrogen and oxygen atoms in total. The SMILES string of the molecule is CC[C@@H](CC(=O)NC[C@@H]1CCCN(C(=O)C[C@H](CC)c2ccccc2)C1)c1ccccc1. The van der Waals surface area contributed by atoms with Crippen LogP contribution in [-0.4, -0.2) is 36.3 Å². The van der Waals surface area contributed by atoms with Crippen LogP contribution in [0.1, 0.15) is 75.3 Å². The molecule has 1 aliphatic rings. The van der Waals surface area contributed by atoms with Gasteiger partial charge in [0, 0.05) is 32.5 Å². The zero-order chi connectivity index (χ0) is 22.8. The molecule has 0 spiro atoms. The van der Waals surface area contributed by atoms with Gasteiger partial charge >= 0.3 is 0 Å². The Morgan fingerprint density at radius 1 is 0.906 bits per heavy atom. The van der Waals surface area contributed by atoms with Crippen LogP contribution in [0.25, 0.3) is 0 Å². The first-order chi connectivity index (χ1) is 15.6. The molecule has 1 fully saturated rings. The number of amides is 2. The fraction of sp³-hybridized carbons (Fsp3) is 0.500. The van der Waals surface area contributed by atoms with Crippen molar-refractivity contribution in [3.8, 4) is 0 Å². The lowest BCUT2D eigenvalue weighted by Crippen LogP contribution is -2.44. The van der Waals surface area contributed by atoms with Gasteiger partial charge < -0.3 is 10.2 Å². The van der Waals surface area contributed by atoms with E-state index in [-0.39, 0.29) is 23.7 Å². The largest absolute Gasteiger partial charge is 0.356 e. The maximum atomic E-state index is 13.0. The predicted molar refractivity (Wildman–Crippen MR) is 130 cm³/mol. The number of rotatable bonds is 10. The molecule has 0 unspecified atom stereocenters. The molecule has 0 saturated carbocycles. The summed E-state index contributed by atoms with van der Waals surface area (Å²) in [4.78, 5) is 27.6. The minimum absolute atomic E-state index is 0.110. The van der Waals surface area contributed by atoms with E-state index >= 15 is 0 Å². The second-order valence-electron chi connectivity index (χ2n) is 9.09. The van der Waals surface area contributed by atoms with E-state index in [9.17, 15) is 9.59 Å². The minimum Gasteiger partial charge on any atom is -0.356 e. The summed E-state index contributed by atoms with van der Waals surface area (Å²) in [5.74, 6) is 1.22. The Bertz CT molecular complexity index is 837. The lowest BCUT2D eigenvalue weighted by Gasteiger charge is -2.34. The highest BCUT2D eigenvalue weighted by atomic mass is 16.2. The van der Waals surface area contributed by atoms with Crippen LogP contribution in [0.5, 0.6) is 0 Å². The molecule has 2 amide bonds. The van der Waals surface area contributed by atoms with Crippen molar-refractivity contribution in [2.24, 2.45) is 5.92 Å². The highest BCUT2D eigenvalue weighted by Crippen LogP contribution is 2.26. The van der Waals surface area contributed by atoms with Crippen molar-refractivity contribution < 1.29 is 9.59 Å². The number of hydrogen-bond donors (Lipinski definition) is 1. The molecular formula is C28H38N2O2. The Kier molecular flexibility index (Phi) is 9.33. The van der Waals surface area contributed by atoms with E-state index in [0.29, 0.717) is 25.3 Å². The highest BCUT2D eigenvalue weighted by molar-refractivity contribution is 5.78. The quantitative estimate of drug-likeness (QED) is 0.536. The van der Waals surface area contributed by atoms with Gasteiger partial charge in [-0.05, 0) is 54.6 Å². The Morgan fingerprint density at radius 2 is 1.47 bits per heavy atom. The number of likely N-dealkylation sites (tertiary alicyclic amines) is 1. The van der Waals surface area contributed by atoms with Crippen LogP contribution in [-0.2, 0) is 9.59 Å². The maximum Gasteiger partial charge on any atom is 0.223 e. The van der Waals surface area contributed by atoms with Crippen molar-refractivity contribution >= 4 is 11.8 Å². The van der Waals surface area contributed by atoms with Crippen LogP contribution in [0.4, 0.5) is 0 Å². The second kappa shape index (κ2) is 12.4. The molecule has 0 aromatic heterocycles. The van der Waals surface area contributed by atoms with E-state index in [1.54, 1.807) is 0 Å². The molecule has 3 atom stereocenters. The molecule has 0 radical (unpaired) electrons. The van der Waals surface area contributed by atoms with Gasteiger partial charge in [0.25, 0.3) is 0 Å². The molecule has 1 aliphatic heterocycles. The number of hydrogen-bond acceptors (Lipinski definition) is 2. The lowest BCUT2D eigenvalue weighted by atomic mass is 9.91. The van der Waals surface area contributed by atoms with Crippen molar-refractivity contribution in [1.29, 1.82) is 0 Å². The first-order valence-corrected chi connectivity index (χ1v) is 12.2. The molecule has 1 saturated heterocycles. The van der Waals surface area contributed by atoms with Crippen LogP contribution in [0.3, 0.4) is 0 Å².